The third-order valence-corrected chi connectivity index (χ3v) is 3.89. The molecule has 0 aliphatic heterocycles. The minimum absolute atomic E-state index is 0.179. The second-order valence-corrected chi connectivity index (χ2v) is 5.30. The largest absolute Gasteiger partial charge is 0.429 e. The molecule has 1 heterocycles. The van der Waals surface area contributed by atoms with E-state index in [1.165, 1.54) is 23.8 Å². The lowest BCUT2D eigenvalue weighted by Crippen LogP contribution is -2.38. The van der Waals surface area contributed by atoms with E-state index < -0.39 is 0 Å². The van der Waals surface area contributed by atoms with E-state index in [0.29, 0.717) is 5.58 Å². The number of oxazole rings is 1. The average Bonchev–Trinajstić information content (AvgIpc) is 2.75. The van der Waals surface area contributed by atoms with Crippen molar-refractivity contribution in [1.82, 2.24) is 9.88 Å². The SMILES string of the molecule is O=C(NC1CCCCC1)n1c(=S)oc2ccccc21. The zero-order chi connectivity index (χ0) is 13.2. The summed E-state index contributed by atoms with van der Waals surface area (Å²) in [6.07, 6.45) is 5.73. The minimum Gasteiger partial charge on any atom is -0.429 e. The predicted octanol–water partition coefficient (Wildman–Crippen LogP) is 3.85. The second-order valence-electron chi connectivity index (χ2n) is 4.96. The normalized spacial score (nSPS) is 16.6. The number of fused-ring (bicyclic) bond motifs is 1. The Morgan fingerprint density at radius 1 is 1.26 bits per heavy atom. The number of hydrogen-bond donors (Lipinski definition) is 1. The fraction of sp³-hybridized carbons (Fsp3) is 0.429. The molecule has 1 aromatic heterocycles. The van der Waals surface area contributed by atoms with Crippen LogP contribution in [0.3, 0.4) is 0 Å². The van der Waals surface area contributed by atoms with Crippen molar-refractivity contribution in [2.24, 2.45) is 0 Å². The van der Waals surface area contributed by atoms with Crippen LogP contribution in [0.5, 0.6) is 0 Å². The molecule has 19 heavy (non-hydrogen) atoms. The summed E-state index contributed by atoms with van der Waals surface area (Å²) in [5.41, 5.74) is 1.37. The summed E-state index contributed by atoms with van der Waals surface area (Å²) in [7, 11) is 0. The number of nitrogens with one attached hydrogen (secondary N) is 1. The molecule has 2 aromatic rings. The smallest absolute Gasteiger partial charge is 0.329 e. The molecule has 1 saturated carbocycles. The van der Waals surface area contributed by atoms with E-state index in [1.54, 1.807) is 0 Å². The molecular weight excluding hydrogens is 260 g/mol. The Balaban J connectivity index is 1.88. The van der Waals surface area contributed by atoms with Crippen molar-refractivity contribution in [3.05, 3.63) is 29.1 Å². The van der Waals surface area contributed by atoms with Crippen LogP contribution in [0.15, 0.2) is 28.7 Å². The van der Waals surface area contributed by atoms with E-state index in [9.17, 15) is 4.79 Å². The topological polar surface area (TPSA) is 47.2 Å². The number of aromatic nitrogens is 1. The highest BCUT2D eigenvalue weighted by atomic mass is 32.1. The number of hydrogen-bond acceptors (Lipinski definition) is 3. The molecular formula is C14H16N2O2S. The van der Waals surface area contributed by atoms with Gasteiger partial charge in [0.25, 0.3) is 4.84 Å². The van der Waals surface area contributed by atoms with Crippen LogP contribution in [-0.2, 0) is 0 Å². The summed E-state index contributed by atoms with van der Waals surface area (Å²) in [6.45, 7) is 0. The maximum atomic E-state index is 12.3. The maximum Gasteiger partial charge on any atom is 0.329 e. The highest BCUT2D eigenvalue weighted by Gasteiger charge is 2.19. The lowest BCUT2D eigenvalue weighted by Gasteiger charge is -2.22. The van der Waals surface area contributed by atoms with Crippen LogP contribution < -0.4 is 5.32 Å². The van der Waals surface area contributed by atoms with Gasteiger partial charge in [-0.25, -0.2) is 9.36 Å². The summed E-state index contributed by atoms with van der Waals surface area (Å²) in [5, 5.41) is 3.05. The number of amides is 1. The van der Waals surface area contributed by atoms with Gasteiger partial charge in [-0.3, -0.25) is 0 Å². The van der Waals surface area contributed by atoms with Crippen LogP contribution in [-0.4, -0.2) is 16.6 Å². The summed E-state index contributed by atoms with van der Waals surface area (Å²) >= 11 is 5.13. The van der Waals surface area contributed by atoms with Crippen LogP contribution in [0.25, 0.3) is 11.1 Å². The van der Waals surface area contributed by atoms with Crippen LogP contribution in [0.2, 0.25) is 0 Å². The maximum absolute atomic E-state index is 12.3. The Labute approximate surface area is 116 Å². The fourth-order valence-electron chi connectivity index (χ4n) is 2.64. The number of para-hydroxylation sites is 2. The summed E-state index contributed by atoms with van der Waals surface area (Å²) < 4.78 is 6.87. The van der Waals surface area contributed by atoms with Crippen LogP contribution in [0.4, 0.5) is 4.79 Å². The van der Waals surface area contributed by atoms with Crippen molar-refractivity contribution >= 4 is 29.3 Å². The van der Waals surface area contributed by atoms with E-state index >= 15 is 0 Å². The standard InChI is InChI=1S/C14H16N2O2S/c17-13(15-10-6-2-1-3-7-10)16-11-8-4-5-9-12(11)18-14(16)19/h4-5,8-10H,1-3,6-7H2,(H,15,17). The van der Waals surface area contributed by atoms with Gasteiger partial charge in [-0.05, 0) is 37.2 Å². The molecule has 1 N–H and O–H groups in total. The van der Waals surface area contributed by atoms with E-state index in [1.807, 2.05) is 24.3 Å². The Morgan fingerprint density at radius 3 is 2.79 bits per heavy atom. The molecule has 5 heteroatoms. The molecule has 1 aromatic carbocycles. The highest BCUT2D eigenvalue weighted by Crippen LogP contribution is 2.19. The van der Waals surface area contributed by atoms with E-state index in [-0.39, 0.29) is 16.9 Å². The zero-order valence-corrected chi connectivity index (χ0v) is 11.4. The van der Waals surface area contributed by atoms with Gasteiger partial charge in [0.1, 0.15) is 0 Å². The number of carbonyl (C=O) groups is 1. The van der Waals surface area contributed by atoms with Crippen molar-refractivity contribution in [1.29, 1.82) is 0 Å². The summed E-state index contributed by atoms with van der Waals surface area (Å²) in [5.74, 6) is 0. The van der Waals surface area contributed by atoms with Crippen molar-refractivity contribution < 1.29 is 9.21 Å². The van der Waals surface area contributed by atoms with E-state index in [0.717, 1.165) is 18.4 Å². The molecule has 0 saturated heterocycles. The third-order valence-electron chi connectivity index (χ3n) is 3.62. The van der Waals surface area contributed by atoms with E-state index in [4.69, 9.17) is 16.6 Å². The molecule has 4 nitrogen and oxygen atoms in total. The van der Waals surface area contributed by atoms with Gasteiger partial charge >= 0.3 is 6.03 Å². The number of nitrogens with zero attached hydrogens (tertiary/aromatic N) is 1. The lowest BCUT2D eigenvalue weighted by atomic mass is 9.96. The number of benzene rings is 1. The first-order valence-electron chi connectivity index (χ1n) is 6.67. The van der Waals surface area contributed by atoms with Crippen molar-refractivity contribution in [3.8, 4) is 0 Å². The molecule has 0 spiro atoms. The molecule has 0 radical (unpaired) electrons. The third kappa shape index (κ3) is 2.42. The Kier molecular flexibility index (Phi) is 3.38. The quantitative estimate of drug-likeness (QED) is 0.805. The number of carbonyl (C=O) groups excluding carboxylic acids is 1. The van der Waals surface area contributed by atoms with Gasteiger partial charge in [0.15, 0.2) is 5.58 Å². The van der Waals surface area contributed by atoms with Gasteiger partial charge < -0.3 is 9.73 Å². The Bertz CT molecular complexity index is 653. The van der Waals surface area contributed by atoms with Gasteiger partial charge in [-0.2, -0.15) is 0 Å². The molecule has 1 fully saturated rings. The van der Waals surface area contributed by atoms with E-state index in [2.05, 4.69) is 5.32 Å². The first-order valence-corrected chi connectivity index (χ1v) is 7.08. The summed E-state index contributed by atoms with van der Waals surface area (Å²) in [6, 6.07) is 7.48. The molecule has 100 valence electrons. The first-order chi connectivity index (χ1) is 9.25. The van der Waals surface area contributed by atoms with Gasteiger partial charge in [-0.1, -0.05) is 31.4 Å². The Hall–Kier alpha value is -1.62. The van der Waals surface area contributed by atoms with Crippen LogP contribution >= 0.6 is 12.2 Å². The van der Waals surface area contributed by atoms with Gasteiger partial charge in [0.05, 0.1) is 5.52 Å². The second kappa shape index (κ2) is 5.17. The first kappa shape index (κ1) is 12.4. The lowest BCUT2D eigenvalue weighted by molar-refractivity contribution is 0.233. The fourth-order valence-corrected chi connectivity index (χ4v) is 2.92. The molecule has 3 rings (SSSR count). The van der Waals surface area contributed by atoms with Crippen molar-refractivity contribution in [3.63, 3.8) is 0 Å². The molecule has 1 aliphatic rings. The molecule has 0 bridgehead atoms. The average molecular weight is 276 g/mol. The van der Waals surface area contributed by atoms with Crippen molar-refractivity contribution in [2.75, 3.05) is 0 Å². The number of rotatable bonds is 1. The van der Waals surface area contributed by atoms with Gasteiger partial charge in [0.2, 0.25) is 0 Å². The zero-order valence-electron chi connectivity index (χ0n) is 10.6. The Morgan fingerprint density at radius 2 is 2.00 bits per heavy atom. The molecule has 1 amide bonds. The predicted molar refractivity (Wildman–Crippen MR) is 75.8 cm³/mol. The molecule has 0 atom stereocenters. The van der Waals surface area contributed by atoms with Crippen LogP contribution in [0.1, 0.15) is 32.1 Å². The summed E-state index contributed by atoms with van der Waals surface area (Å²) in [4.78, 5) is 12.5. The monoisotopic (exact) mass is 276 g/mol. The molecule has 1 aliphatic carbocycles. The van der Waals surface area contributed by atoms with Gasteiger partial charge in [-0.15, -0.1) is 0 Å². The molecule has 0 unspecified atom stereocenters. The highest BCUT2D eigenvalue weighted by molar-refractivity contribution is 7.71. The van der Waals surface area contributed by atoms with Crippen LogP contribution in [0, 0.1) is 4.84 Å². The van der Waals surface area contributed by atoms with Gasteiger partial charge in [0, 0.05) is 6.04 Å². The minimum atomic E-state index is -0.179. The van der Waals surface area contributed by atoms with Crippen molar-refractivity contribution in [2.45, 2.75) is 38.1 Å².